The van der Waals surface area contributed by atoms with Crippen molar-refractivity contribution in [1.29, 1.82) is 0 Å². The van der Waals surface area contributed by atoms with Gasteiger partial charge in [-0.3, -0.25) is 4.79 Å². The molecule has 0 aromatic heterocycles. The molecule has 7 heteroatoms. The second kappa shape index (κ2) is 8.44. The lowest BCUT2D eigenvalue weighted by atomic mass is 10.2. The van der Waals surface area contributed by atoms with Crippen LogP contribution in [0.4, 0.5) is 20.2 Å². The maximum atomic E-state index is 12.0. The van der Waals surface area contributed by atoms with Crippen molar-refractivity contribution in [2.45, 2.75) is 12.8 Å². The molecule has 0 saturated carbocycles. The Balaban J connectivity index is 2.62. The van der Waals surface area contributed by atoms with Crippen LogP contribution in [0.3, 0.4) is 0 Å². The number of nitrogen functional groups attached to an aromatic ring is 1. The smallest absolute Gasteiger partial charge is 0.261 e. The Bertz CT molecular complexity index is 430. The van der Waals surface area contributed by atoms with Crippen molar-refractivity contribution in [3.63, 3.8) is 0 Å². The van der Waals surface area contributed by atoms with E-state index in [4.69, 9.17) is 10.8 Å². The third-order valence-electron chi connectivity index (χ3n) is 2.56. The summed E-state index contributed by atoms with van der Waals surface area (Å²) in [5.41, 5.74) is 6.67. The van der Waals surface area contributed by atoms with Crippen LogP contribution in [-0.4, -0.2) is 43.8 Å². The monoisotopic (exact) mass is 288 g/mol. The standard InChI is InChI=1S/C13H18F2N2O3/c14-12(15)9-20-8-5-13(19)17(6-7-18)11-4-2-1-3-10(11)16/h1-4,12,18H,5-9,16H2. The van der Waals surface area contributed by atoms with Crippen molar-refractivity contribution in [3.05, 3.63) is 24.3 Å². The molecule has 0 fully saturated rings. The molecule has 0 unspecified atom stereocenters. The number of anilines is 2. The van der Waals surface area contributed by atoms with E-state index >= 15 is 0 Å². The Morgan fingerprint density at radius 1 is 1.40 bits per heavy atom. The van der Waals surface area contributed by atoms with Crippen LogP contribution in [0, 0.1) is 0 Å². The fourth-order valence-electron chi connectivity index (χ4n) is 1.68. The number of ether oxygens (including phenoxy) is 1. The zero-order chi connectivity index (χ0) is 15.0. The summed E-state index contributed by atoms with van der Waals surface area (Å²) in [6, 6.07) is 6.74. The highest BCUT2D eigenvalue weighted by molar-refractivity contribution is 5.96. The molecule has 1 amide bonds. The van der Waals surface area contributed by atoms with Gasteiger partial charge in [0.15, 0.2) is 0 Å². The number of hydrogen-bond donors (Lipinski definition) is 2. The highest BCUT2D eigenvalue weighted by atomic mass is 19.3. The summed E-state index contributed by atoms with van der Waals surface area (Å²) in [7, 11) is 0. The van der Waals surface area contributed by atoms with Gasteiger partial charge in [0.1, 0.15) is 6.61 Å². The zero-order valence-corrected chi connectivity index (χ0v) is 11.0. The summed E-state index contributed by atoms with van der Waals surface area (Å²) in [4.78, 5) is 13.3. The van der Waals surface area contributed by atoms with E-state index in [-0.39, 0.29) is 32.1 Å². The Morgan fingerprint density at radius 3 is 2.70 bits per heavy atom. The second-order valence-electron chi connectivity index (χ2n) is 4.04. The molecule has 1 rings (SSSR count). The maximum Gasteiger partial charge on any atom is 0.261 e. The van der Waals surface area contributed by atoms with Gasteiger partial charge in [0.2, 0.25) is 5.91 Å². The minimum absolute atomic E-state index is 0.0545. The number of aliphatic hydroxyl groups excluding tert-OH is 1. The van der Waals surface area contributed by atoms with E-state index in [0.717, 1.165) is 0 Å². The lowest BCUT2D eigenvalue weighted by Crippen LogP contribution is -2.34. The Morgan fingerprint density at radius 2 is 2.10 bits per heavy atom. The first kappa shape index (κ1) is 16.3. The van der Waals surface area contributed by atoms with Crippen LogP contribution in [0.2, 0.25) is 0 Å². The van der Waals surface area contributed by atoms with Crippen LogP contribution in [0.5, 0.6) is 0 Å². The summed E-state index contributed by atoms with van der Waals surface area (Å²) in [5, 5.41) is 9.02. The molecule has 0 bridgehead atoms. The fourth-order valence-corrected chi connectivity index (χ4v) is 1.68. The first-order valence-electron chi connectivity index (χ1n) is 6.18. The summed E-state index contributed by atoms with van der Waals surface area (Å²) in [6.07, 6.45) is -2.61. The number of nitrogens with two attached hydrogens (primary N) is 1. The van der Waals surface area contributed by atoms with Crippen molar-refractivity contribution < 1.29 is 23.4 Å². The predicted octanol–water partition coefficient (Wildman–Crippen LogP) is 1.27. The third kappa shape index (κ3) is 5.10. The van der Waals surface area contributed by atoms with Crippen molar-refractivity contribution in [2.75, 3.05) is 37.0 Å². The molecule has 0 aliphatic heterocycles. The van der Waals surface area contributed by atoms with Gasteiger partial charge in [0, 0.05) is 6.54 Å². The molecule has 0 aliphatic rings. The average Bonchev–Trinajstić information content (AvgIpc) is 2.41. The average molecular weight is 288 g/mol. The number of aliphatic hydroxyl groups is 1. The van der Waals surface area contributed by atoms with Gasteiger partial charge in [-0.15, -0.1) is 0 Å². The Hall–Kier alpha value is -1.73. The molecule has 20 heavy (non-hydrogen) atoms. The summed E-state index contributed by atoms with van der Waals surface area (Å²) >= 11 is 0. The predicted molar refractivity (Wildman–Crippen MR) is 71.7 cm³/mol. The summed E-state index contributed by atoms with van der Waals surface area (Å²) in [5.74, 6) is -0.341. The van der Waals surface area contributed by atoms with Gasteiger partial charge in [-0.25, -0.2) is 8.78 Å². The number of carbonyl (C=O) groups is 1. The molecule has 5 nitrogen and oxygen atoms in total. The van der Waals surface area contributed by atoms with Crippen LogP contribution >= 0.6 is 0 Å². The molecule has 0 atom stereocenters. The first-order valence-corrected chi connectivity index (χ1v) is 6.18. The molecule has 0 radical (unpaired) electrons. The number of benzene rings is 1. The van der Waals surface area contributed by atoms with Gasteiger partial charge < -0.3 is 20.5 Å². The van der Waals surface area contributed by atoms with Crippen LogP contribution < -0.4 is 10.6 Å². The number of rotatable bonds is 8. The molecule has 1 aromatic carbocycles. The minimum atomic E-state index is -2.55. The number of halogens is 2. The number of nitrogens with zero attached hydrogens (tertiary/aromatic N) is 1. The molecule has 3 N–H and O–H groups in total. The topological polar surface area (TPSA) is 75.8 Å². The molecular weight excluding hydrogens is 270 g/mol. The van der Waals surface area contributed by atoms with Crippen LogP contribution in [0.1, 0.15) is 6.42 Å². The van der Waals surface area contributed by atoms with Crippen LogP contribution in [-0.2, 0) is 9.53 Å². The number of carbonyl (C=O) groups excluding carboxylic acids is 1. The zero-order valence-electron chi connectivity index (χ0n) is 11.0. The molecule has 1 aromatic rings. The van der Waals surface area contributed by atoms with Gasteiger partial charge in [0.25, 0.3) is 6.43 Å². The Kier molecular flexibility index (Phi) is 6.89. The maximum absolute atomic E-state index is 12.0. The quantitative estimate of drug-likeness (QED) is 0.558. The van der Waals surface area contributed by atoms with Crippen molar-refractivity contribution in [3.8, 4) is 0 Å². The number of para-hydroxylation sites is 2. The van der Waals surface area contributed by atoms with E-state index in [1.165, 1.54) is 4.90 Å². The highest BCUT2D eigenvalue weighted by Gasteiger charge is 2.17. The SMILES string of the molecule is Nc1ccccc1N(CCO)C(=O)CCOCC(F)F. The molecular formula is C13H18F2N2O3. The van der Waals surface area contributed by atoms with Gasteiger partial charge >= 0.3 is 0 Å². The van der Waals surface area contributed by atoms with Crippen molar-refractivity contribution in [2.24, 2.45) is 0 Å². The van der Waals surface area contributed by atoms with Crippen molar-refractivity contribution in [1.82, 2.24) is 0 Å². The van der Waals surface area contributed by atoms with Crippen molar-refractivity contribution >= 4 is 17.3 Å². The fraction of sp³-hybridized carbons (Fsp3) is 0.462. The summed E-state index contributed by atoms with van der Waals surface area (Å²) < 4.78 is 28.4. The molecule has 0 spiro atoms. The van der Waals surface area contributed by atoms with E-state index < -0.39 is 13.0 Å². The number of hydrogen-bond acceptors (Lipinski definition) is 4. The minimum Gasteiger partial charge on any atom is -0.397 e. The summed E-state index contributed by atoms with van der Waals surface area (Å²) in [6.45, 7) is -0.932. The number of alkyl halides is 2. The molecule has 112 valence electrons. The number of amides is 1. The third-order valence-corrected chi connectivity index (χ3v) is 2.56. The van der Waals surface area contributed by atoms with E-state index in [1.807, 2.05) is 0 Å². The normalized spacial score (nSPS) is 10.8. The lowest BCUT2D eigenvalue weighted by molar-refractivity contribution is -0.120. The molecule has 0 heterocycles. The lowest BCUT2D eigenvalue weighted by Gasteiger charge is -2.23. The molecule has 0 aliphatic carbocycles. The molecule has 0 saturated heterocycles. The van der Waals surface area contributed by atoms with E-state index in [9.17, 15) is 13.6 Å². The Labute approximate surface area is 115 Å². The highest BCUT2D eigenvalue weighted by Crippen LogP contribution is 2.22. The van der Waals surface area contributed by atoms with Gasteiger partial charge in [-0.2, -0.15) is 0 Å². The van der Waals surface area contributed by atoms with Crippen LogP contribution in [0.25, 0.3) is 0 Å². The first-order chi connectivity index (χ1) is 9.56. The van der Waals surface area contributed by atoms with Crippen LogP contribution in [0.15, 0.2) is 24.3 Å². The van der Waals surface area contributed by atoms with Gasteiger partial charge in [-0.05, 0) is 12.1 Å². The van der Waals surface area contributed by atoms with E-state index in [2.05, 4.69) is 4.74 Å². The van der Waals surface area contributed by atoms with Gasteiger partial charge in [-0.1, -0.05) is 12.1 Å². The van der Waals surface area contributed by atoms with E-state index in [1.54, 1.807) is 24.3 Å². The second-order valence-corrected chi connectivity index (χ2v) is 4.04. The van der Waals surface area contributed by atoms with E-state index in [0.29, 0.717) is 11.4 Å². The van der Waals surface area contributed by atoms with Gasteiger partial charge in [0.05, 0.1) is 31.0 Å². The largest absolute Gasteiger partial charge is 0.397 e.